The third-order valence-electron chi connectivity index (χ3n) is 2.13. The first-order valence-electron chi connectivity index (χ1n) is 4.41. The molecule has 0 unspecified atom stereocenters. The first kappa shape index (κ1) is 9.30. The minimum absolute atomic E-state index is 0.220. The number of nitrogens with zero attached hydrogens (tertiary/aromatic N) is 2. The summed E-state index contributed by atoms with van der Waals surface area (Å²) in [5, 5.41) is 0. The highest BCUT2D eigenvalue weighted by atomic mass is 15.1. The topological polar surface area (TPSA) is 6.25 Å². The third-order valence-corrected chi connectivity index (χ3v) is 2.13. The second-order valence-corrected chi connectivity index (χ2v) is 4.48. The predicted molar refractivity (Wildman–Crippen MR) is 52.5 cm³/mol. The van der Waals surface area contributed by atoms with Gasteiger partial charge >= 0.3 is 0 Å². The van der Waals surface area contributed by atoms with Crippen LogP contribution in [0, 0.1) is 0 Å². The fraction of sp³-hybridized carbons (Fsp3) is 0.700. The van der Waals surface area contributed by atoms with E-state index in [1.807, 2.05) is 0 Å². The Morgan fingerprint density at radius 2 is 1.92 bits per heavy atom. The minimum atomic E-state index is 0.220. The average Bonchev–Trinajstić information content (AvgIpc) is 2.30. The lowest BCUT2D eigenvalue weighted by atomic mass is 10.1. The average molecular weight is 167 g/mol. The molecule has 0 radical (unpaired) electrons. The van der Waals surface area contributed by atoms with Gasteiger partial charge in [-0.2, -0.15) is 0 Å². The van der Waals surface area contributed by atoms with Crippen LogP contribution in [0.5, 0.6) is 0 Å². The summed E-state index contributed by atoms with van der Waals surface area (Å²) in [7, 11) is 4.18. The number of allylic oxidation sites excluding steroid dienone is 1. The van der Waals surface area contributed by atoms with Gasteiger partial charge in [-0.3, -0.25) is 0 Å². The van der Waals surface area contributed by atoms with E-state index in [4.69, 9.17) is 0 Å². The number of rotatable bonds is 1. The van der Waals surface area contributed by atoms with Gasteiger partial charge in [0.15, 0.2) is 18.0 Å². The highest BCUT2D eigenvalue weighted by Gasteiger charge is 2.26. The Bertz CT molecular complexity index is 229. The Morgan fingerprint density at radius 3 is 2.17 bits per heavy atom. The van der Waals surface area contributed by atoms with Gasteiger partial charge in [0.05, 0.1) is 12.1 Å². The highest BCUT2D eigenvalue weighted by molar-refractivity contribution is 5.58. The molecule has 0 atom stereocenters. The van der Waals surface area contributed by atoms with Gasteiger partial charge in [0.2, 0.25) is 0 Å². The minimum Gasteiger partial charge on any atom is -0.376 e. The van der Waals surface area contributed by atoms with Crippen LogP contribution in [0.1, 0.15) is 27.2 Å². The summed E-state index contributed by atoms with van der Waals surface area (Å²) < 4.78 is 2.28. The molecule has 0 amide bonds. The molecular formula is C10H19N2+. The van der Waals surface area contributed by atoms with Crippen LogP contribution in [0.4, 0.5) is 0 Å². The van der Waals surface area contributed by atoms with Crippen molar-refractivity contribution in [3.05, 3.63) is 11.9 Å². The van der Waals surface area contributed by atoms with E-state index < -0.39 is 0 Å². The molecule has 0 N–H and O–H groups in total. The largest absolute Gasteiger partial charge is 0.376 e. The van der Waals surface area contributed by atoms with Crippen LogP contribution in [0.25, 0.3) is 0 Å². The summed E-state index contributed by atoms with van der Waals surface area (Å²) in [6.07, 6.45) is 5.53. The van der Waals surface area contributed by atoms with Crippen molar-refractivity contribution in [3.8, 4) is 0 Å². The lowest BCUT2D eigenvalue weighted by Crippen LogP contribution is -2.28. The fourth-order valence-corrected chi connectivity index (χ4v) is 1.22. The van der Waals surface area contributed by atoms with Crippen LogP contribution < -0.4 is 0 Å². The molecule has 0 fully saturated rings. The summed E-state index contributed by atoms with van der Waals surface area (Å²) in [6.45, 7) is 6.66. The lowest BCUT2D eigenvalue weighted by molar-refractivity contribution is -0.528. The summed E-state index contributed by atoms with van der Waals surface area (Å²) in [6, 6.07) is 0. The van der Waals surface area contributed by atoms with E-state index in [0.29, 0.717) is 0 Å². The highest BCUT2D eigenvalue weighted by Crippen LogP contribution is 2.16. The van der Waals surface area contributed by atoms with Crippen molar-refractivity contribution in [2.45, 2.75) is 32.7 Å². The zero-order valence-electron chi connectivity index (χ0n) is 8.76. The first-order valence-corrected chi connectivity index (χ1v) is 4.41. The molecule has 0 aromatic rings. The zero-order chi connectivity index (χ0) is 9.35. The van der Waals surface area contributed by atoms with E-state index in [9.17, 15) is 0 Å². The maximum Gasteiger partial charge on any atom is 0.188 e. The Labute approximate surface area is 75.2 Å². The molecule has 1 heterocycles. The Hall–Kier alpha value is -0.790. The van der Waals surface area contributed by atoms with Crippen molar-refractivity contribution in [1.82, 2.24) is 4.90 Å². The third kappa shape index (κ3) is 1.87. The molecule has 2 nitrogen and oxygen atoms in total. The van der Waals surface area contributed by atoms with Gasteiger partial charge in [-0.05, 0) is 0 Å². The Kier molecular flexibility index (Phi) is 2.27. The molecule has 1 aliphatic heterocycles. The summed E-state index contributed by atoms with van der Waals surface area (Å²) in [5.74, 6) is 0. The van der Waals surface area contributed by atoms with E-state index in [-0.39, 0.29) is 5.54 Å². The predicted octanol–water partition coefficient (Wildman–Crippen LogP) is 1.67. The molecule has 1 rings (SSSR count). The van der Waals surface area contributed by atoms with Crippen LogP contribution in [0.2, 0.25) is 0 Å². The SMILES string of the molecule is CN(C)C1=C[N+](C(C)(C)C)=CC1. The van der Waals surface area contributed by atoms with Gasteiger partial charge in [0.25, 0.3) is 0 Å². The Balaban J connectivity index is 2.75. The van der Waals surface area contributed by atoms with E-state index in [0.717, 1.165) is 6.42 Å². The zero-order valence-corrected chi connectivity index (χ0v) is 8.76. The molecule has 2 heteroatoms. The molecule has 68 valence electrons. The van der Waals surface area contributed by atoms with Gasteiger partial charge in [-0.15, -0.1) is 0 Å². The monoisotopic (exact) mass is 167 g/mol. The molecule has 1 aliphatic rings. The van der Waals surface area contributed by atoms with E-state index in [1.165, 1.54) is 5.70 Å². The number of hydrogen-bond donors (Lipinski definition) is 0. The standard InChI is InChI=1S/C10H19N2/c1-10(2,3)12-7-6-9(8-12)11(4)5/h7-8H,6H2,1-5H3/q+1. The first-order chi connectivity index (χ1) is 5.41. The molecular weight excluding hydrogens is 148 g/mol. The summed E-state index contributed by atoms with van der Waals surface area (Å²) in [5.41, 5.74) is 1.60. The van der Waals surface area contributed by atoms with Gasteiger partial charge in [0.1, 0.15) is 0 Å². The van der Waals surface area contributed by atoms with Crippen molar-refractivity contribution < 1.29 is 4.58 Å². The van der Waals surface area contributed by atoms with Crippen LogP contribution in [0.3, 0.4) is 0 Å². The van der Waals surface area contributed by atoms with Crippen molar-refractivity contribution in [3.63, 3.8) is 0 Å². The normalized spacial score (nSPS) is 17.4. The van der Waals surface area contributed by atoms with Gasteiger partial charge in [-0.25, -0.2) is 4.58 Å². The van der Waals surface area contributed by atoms with Crippen molar-refractivity contribution in [2.75, 3.05) is 14.1 Å². The second-order valence-electron chi connectivity index (χ2n) is 4.48. The molecule has 0 saturated heterocycles. The molecule has 0 aromatic heterocycles. The van der Waals surface area contributed by atoms with Crippen molar-refractivity contribution >= 4 is 6.21 Å². The van der Waals surface area contributed by atoms with Gasteiger partial charge in [-0.1, -0.05) is 0 Å². The molecule has 0 bridgehead atoms. The Morgan fingerprint density at radius 1 is 1.33 bits per heavy atom. The molecule has 0 spiro atoms. The summed E-state index contributed by atoms with van der Waals surface area (Å²) in [4.78, 5) is 2.17. The smallest absolute Gasteiger partial charge is 0.188 e. The van der Waals surface area contributed by atoms with Crippen LogP contribution in [0.15, 0.2) is 11.9 Å². The van der Waals surface area contributed by atoms with Crippen LogP contribution in [-0.4, -0.2) is 35.3 Å². The van der Waals surface area contributed by atoms with E-state index >= 15 is 0 Å². The quantitative estimate of drug-likeness (QED) is 0.538. The maximum atomic E-state index is 2.28. The van der Waals surface area contributed by atoms with E-state index in [2.05, 4.69) is 56.8 Å². The van der Waals surface area contributed by atoms with Gasteiger partial charge in [0, 0.05) is 34.9 Å². The van der Waals surface area contributed by atoms with Gasteiger partial charge < -0.3 is 4.90 Å². The van der Waals surface area contributed by atoms with E-state index in [1.54, 1.807) is 0 Å². The molecule has 12 heavy (non-hydrogen) atoms. The summed E-state index contributed by atoms with van der Waals surface area (Å²) >= 11 is 0. The molecule has 0 aliphatic carbocycles. The maximum absolute atomic E-state index is 2.28. The van der Waals surface area contributed by atoms with Crippen molar-refractivity contribution in [2.24, 2.45) is 0 Å². The van der Waals surface area contributed by atoms with Crippen LogP contribution >= 0.6 is 0 Å². The lowest BCUT2D eigenvalue weighted by Gasteiger charge is -2.13. The molecule has 0 aromatic carbocycles. The van der Waals surface area contributed by atoms with Crippen LogP contribution in [-0.2, 0) is 0 Å². The fourth-order valence-electron chi connectivity index (χ4n) is 1.22. The molecule has 0 saturated carbocycles. The number of hydrogen-bond acceptors (Lipinski definition) is 1. The van der Waals surface area contributed by atoms with Crippen molar-refractivity contribution in [1.29, 1.82) is 0 Å². The second kappa shape index (κ2) is 2.92.